The summed E-state index contributed by atoms with van der Waals surface area (Å²) in [5, 5.41) is 10.6. The zero-order valence-corrected chi connectivity index (χ0v) is 9.17. The van der Waals surface area contributed by atoms with Gasteiger partial charge in [0.05, 0.1) is 13.1 Å². The average Bonchev–Trinajstić information content (AvgIpc) is 2.83. The van der Waals surface area contributed by atoms with Crippen LogP contribution in [0, 0.1) is 6.92 Å². The minimum Gasteiger partial charge on any atom is -0.407 e. The highest BCUT2D eigenvalue weighted by Gasteiger charge is 2.03. The molecule has 0 aliphatic carbocycles. The van der Waals surface area contributed by atoms with Crippen molar-refractivity contribution in [3.63, 3.8) is 0 Å². The van der Waals surface area contributed by atoms with Crippen LogP contribution in [-0.2, 0) is 13.1 Å². The Kier molecular flexibility index (Phi) is 2.98. The lowest BCUT2D eigenvalue weighted by molar-refractivity contribution is 0.507. The van der Waals surface area contributed by atoms with Crippen molar-refractivity contribution in [3.8, 4) is 0 Å². The maximum absolute atomic E-state index is 5.35. The van der Waals surface area contributed by atoms with Gasteiger partial charge in [0.2, 0.25) is 5.89 Å². The summed E-state index contributed by atoms with van der Waals surface area (Å²) in [4.78, 5) is 2.53. The van der Waals surface area contributed by atoms with Crippen LogP contribution in [0.3, 0.4) is 0 Å². The van der Waals surface area contributed by atoms with Crippen molar-refractivity contribution in [2.75, 3.05) is 5.32 Å². The Morgan fingerprint density at radius 3 is 2.93 bits per heavy atom. The third-order valence-electron chi connectivity index (χ3n) is 1.85. The summed E-state index contributed by atoms with van der Waals surface area (Å²) in [6.45, 7) is 3.05. The molecule has 3 N–H and O–H groups in total. The molecule has 0 radical (unpaired) electrons. The Morgan fingerprint density at radius 2 is 2.33 bits per heavy atom. The predicted molar refractivity (Wildman–Crippen MR) is 58.6 cm³/mol. The minimum absolute atomic E-state index is 0.271. The number of nitrogens with two attached hydrogens (primary N) is 1. The number of rotatable bonds is 4. The fraction of sp³-hybridized carbons (Fsp3) is 0.333. The van der Waals surface area contributed by atoms with Crippen LogP contribution < -0.4 is 11.1 Å². The minimum atomic E-state index is 0.271. The molecule has 80 valence electrons. The molecular formula is C9H12N4OS. The molecule has 0 unspecified atom stereocenters. The number of aromatic nitrogens is 2. The highest BCUT2D eigenvalue weighted by atomic mass is 32.1. The van der Waals surface area contributed by atoms with Crippen molar-refractivity contribution in [1.82, 2.24) is 10.2 Å². The Labute approximate surface area is 91.3 Å². The zero-order chi connectivity index (χ0) is 10.7. The van der Waals surface area contributed by atoms with Gasteiger partial charge in [-0.15, -0.1) is 16.4 Å². The van der Waals surface area contributed by atoms with Gasteiger partial charge in [0, 0.05) is 9.75 Å². The molecule has 0 amide bonds. The van der Waals surface area contributed by atoms with Crippen LogP contribution in [0.1, 0.15) is 15.6 Å². The van der Waals surface area contributed by atoms with Crippen LogP contribution in [0.25, 0.3) is 0 Å². The molecule has 0 aromatic carbocycles. The van der Waals surface area contributed by atoms with Crippen molar-refractivity contribution in [3.05, 3.63) is 27.8 Å². The van der Waals surface area contributed by atoms with Crippen molar-refractivity contribution >= 4 is 17.4 Å². The van der Waals surface area contributed by atoms with Gasteiger partial charge in [-0.1, -0.05) is 5.10 Å². The number of hydrogen-bond acceptors (Lipinski definition) is 6. The molecule has 0 fully saturated rings. The first-order chi connectivity index (χ1) is 7.28. The zero-order valence-electron chi connectivity index (χ0n) is 8.36. The number of nitrogens with one attached hydrogen (secondary N) is 1. The summed E-state index contributed by atoms with van der Waals surface area (Å²) in [6, 6.07) is 4.58. The molecule has 6 heteroatoms. The van der Waals surface area contributed by atoms with Crippen LogP contribution in [0.4, 0.5) is 6.01 Å². The highest BCUT2D eigenvalue weighted by Crippen LogP contribution is 2.16. The van der Waals surface area contributed by atoms with Crippen molar-refractivity contribution in [2.45, 2.75) is 20.0 Å². The van der Waals surface area contributed by atoms with E-state index in [0.29, 0.717) is 18.5 Å². The van der Waals surface area contributed by atoms with Gasteiger partial charge in [-0.3, -0.25) is 0 Å². The van der Waals surface area contributed by atoms with Crippen LogP contribution in [-0.4, -0.2) is 10.2 Å². The highest BCUT2D eigenvalue weighted by molar-refractivity contribution is 7.11. The van der Waals surface area contributed by atoms with Crippen molar-refractivity contribution < 1.29 is 4.42 Å². The van der Waals surface area contributed by atoms with E-state index in [1.54, 1.807) is 11.3 Å². The SMILES string of the molecule is Cc1ccc(CNc2nnc(CN)o2)s1. The summed E-state index contributed by atoms with van der Waals surface area (Å²) in [5.41, 5.74) is 5.35. The third kappa shape index (κ3) is 2.54. The maximum atomic E-state index is 5.35. The second-order valence-electron chi connectivity index (χ2n) is 3.07. The molecule has 0 atom stereocenters. The molecular weight excluding hydrogens is 212 g/mol. The Morgan fingerprint density at radius 1 is 1.47 bits per heavy atom. The van der Waals surface area contributed by atoms with Crippen LogP contribution in [0.15, 0.2) is 16.5 Å². The van der Waals surface area contributed by atoms with Gasteiger partial charge < -0.3 is 15.5 Å². The number of anilines is 1. The van der Waals surface area contributed by atoms with E-state index >= 15 is 0 Å². The number of hydrogen-bond donors (Lipinski definition) is 2. The van der Waals surface area contributed by atoms with Crippen LogP contribution in [0.2, 0.25) is 0 Å². The standard InChI is InChI=1S/C9H12N4OS/c1-6-2-3-7(15-6)5-11-9-13-12-8(4-10)14-9/h2-3H,4-5,10H2,1H3,(H,11,13). The second kappa shape index (κ2) is 4.41. The summed E-state index contributed by atoms with van der Waals surface area (Å²) in [7, 11) is 0. The summed E-state index contributed by atoms with van der Waals surface area (Å²) in [6.07, 6.45) is 0. The van der Waals surface area contributed by atoms with Gasteiger partial charge in [-0.2, -0.15) is 0 Å². The fourth-order valence-corrected chi connectivity index (χ4v) is 1.98. The Balaban J connectivity index is 1.93. The van der Waals surface area contributed by atoms with E-state index in [2.05, 4.69) is 34.6 Å². The number of thiophene rings is 1. The van der Waals surface area contributed by atoms with Crippen LogP contribution in [0.5, 0.6) is 0 Å². The van der Waals surface area contributed by atoms with Crippen LogP contribution >= 0.6 is 11.3 Å². The Hall–Kier alpha value is -1.40. The first-order valence-electron chi connectivity index (χ1n) is 4.59. The van der Waals surface area contributed by atoms with Crippen molar-refractivity contribution in [2.24, 2.45) is 5.73 Å². The molecule has 0 saturated carbocycles. The molecule has 0 saturated heterocycles. The molecule has 2 aromatic rings. The number of nitrogens with zero attached hydrogens (tertiary/aromatic N) is 2. The Bertz CT molecular complexity index is 437. The molecule has 2 aromatic heterocycles. The normalized spacial score (nSPS) is 10.5. The summed E-state index contributed by atoms with van der Waals surface area (Å²) in [5.74, 6) is 0.444. The quantitative estimate of drug-likeness (QED) is 0.823. The van der Waals surface area contributed by atoms with E-state index in [1.165, 1.54) is 9.75 Å². The largest absolute Gasteiger partial charge is 0.407 e. The molecule has 0 aliphatic rings. The number of aryl methyl sites for hydroxylation is 1. The van der Waals surface area contributed by atoms with E-state index in [4.69, 9.17) is 10.2 Å². The third-order valence-corrected chi connectivity index (χ3v) is 2.85. The fourth-order valence-electron chi connectivity index (χ4n) is 1.15. The lowest BCUT2D eigenvalue weighted by Gasteiger charge is -1.96. The molecule has 5 nitrogen and oxygen atoms in total. The van der Waals surface area contributed by atoms with Gasteiger partial charge in [-0.25, -0.2) is 0 Å². The molecule has 15 heavy (non-hydrogen) atoms. The summed E-state index contributed by atoms with van der Waals surface area (Å²) >= 11 is 1.74. The molecule has 2 rings (SSSR count). The van der Waals surface area contributed by atoms with Gasteiger partial charge in [0.1, 0.15) is 0 Å². The van der Waals surface area contributed by atoms with Crippen molar-refractivity contribution in [1.29, 1.82) is 0 Å². The van der Waals surface area contributed by atoms with E-state index < -0.39 is 0 Å². The predicted octanol–water partition coefficient (Wildman–Crippen LogP) is 1.51. The van der Waals surface area contributed by atoms with Gasteiger partial charge in [0.25, 0.3) is 0 Å². The monoisotopic (exact) mass is 224 g/mol. The van der Waals surface area contributed by atoms with E-state index in [9.17, 15) is 0 Å². The van der Waals surface area contributed by atoms with Gasteiger partial charge in [0.15, 0.2) is 0 Å². The van der Waals surface area contributed by atoms with Gasteiger partial charge >= 0.3 is 6.01 Å². The molecule has 0 bridgehead atoms. The summed E-state index contributed by atoms with van der Waals surface area (Å²) < 4.78 is 5.21. The average molecular weight is 224 g/mol. The van der Waals surface area contributed by atoms with E-state index in [-0.39, 0.29) is 6.54 Å². The lowest BCUT2D eigenvalue weighted by atomic mass is 10.4. The first kappa shape index (κ1) is 10.1. The molecule has 0 aliphatic heterocycles. The molecule has 2 heterocycles. The maximum Gasteiger partial charge on any atom is 0.315 e. The van der Waals surface area contributed by atoms with E-state index in [1.807, 2.05) is 0 Å². The van der Waals surface area contributed by atoms with Gasteiger partial charge in [-0.05, 0) is 19.1 Å². The topological polar surface area (TPSA) is 77.0 Å². The lowest BCUT2D eigenvalue weighted by Crippen LogP contribution is -1.97. The smallest absolute Gasteiger partial charge is 0.315 e. The first-order valence-corrected chi connectivity index (χ1v) is 5.41. The second-order valence-corrected chi connectivity index (χ2v) is 4.44. The van der Waals surface area contributed by atoms with E-state index in [0.717, 1.165) is 0 Å². The molecule has 0 spiro atoms.